The van der Waals surface area contributed by atoms with Crippen molar-refractivity contribution in [2.45, 2.75) is 51.9 Å². The topological polar surface area (TPSA) is 72.8 Å². The Balaban J connectivity index is 0. The van der Waals surface area contributed by atoms with Gasteiger partial charge in [0, 0.05) is 11.1 Å². The van der Waals surface area contributed by atoms with E-state index in [4.69, 9.17) is 9.47 Å². The number of ether oxygens (including phenoxy) is 2. The van der Waals surface area contributed by atoms with Gasteiger partial charge in [-0.3, -0.25) is 4.48 Å². The van der Waals surface area contributed by atoms with Crippen LogP contribution in [0.15, 0.2) is 48.6 Å². The zero-order chi connectivity index (χ0) is 21.7. The van der Waals surface area contributed by atoms with Gasteiger partial charge >= 0.3 is 11.9 Å². The third-order valence-electron chi connectivity index (χ3n) is 3.89. The highest BCUT2D eigenvalue weighted by atomic mass is 35.5. The molecular weight excluding hydrogens is 394 g/mol. The van der Waals surface area contributed by atoms with Crippen LogP contribution in [0.25, 0.3) is 0 Å². The van der Waals surface area contributed by atoms with Gasteiger partial charge in [-0.25, -0.2) is 9.59 Å². The highest BCUT2D eigenvalue weighted by Gasteiger charge is 2.33. The molecule has 0 heterocycles. The molecule has 0 bridgehead atoms. The van der Waals surface area contributed by atoms with E-state index in [9.17, 15) is 14.7 Å². The quantitative estimate of drug-likeness (QED) is 0.114. The number of aliphatic hydroxyl groups is 1. The van der Waals surface area contributed by atoms with Crippen LogP contribution in [0.1, 0.15) is 39.5 Å². The monoisotopic (exact) mass is 429 g/mol. The molecule has 166 valence electrons. The van der Waals surface area contributed by atoms with Gasteiger partial charge in [0.15, 0.2) is 0 Å². The number of unbranched alkanes of at least 4 members (excludes halogenated alkanes) is 1. The van der Waals surface area contributed by atoms with Crippen LogP contribution in [0.2, 0.25) is 0 Å². The number of aliphatic hydroxyl groups excluding tert-OH is 1. The highest BCUT2D eigenvalue weighted by molar-refractivity contribution is 5.90. The van der Waals surface area contributed by atoms with Crippen molar-refractivity contribution in [1.29, 1.82) is 0 Å². The van der Waals surface area contributed by atoms with Crippen molar-refractivity contribution >= 4 is 11.9 Å². The molecule has 0 aliphatic heterocycles. The van der Waals surface area contributed by atoms with Crippen LogP contribution >= 0.6 is 0 Å². The average molecular weight is 430 g/mol. The van der Waals surface area contributed by atoms with Crippen molar-refractivity contribution in [3.05, 3.63) is 48.6 Å². The minimum absolute atomic E-state index is 0. The highest BCUT2D eigenvalue weighted by Crippen LogP contribution is 2.15. The molecule has 0 aliphatic carbocycles. The number of quaternary nitrogens is 1. The van der Waals surface area contributed by atoms with Crippen molar-refractivity contribution < 1.29 is 41.1 Å². The van der Waals surface area contributed by atoms with Gasteiger partial charge in [-0.05, 0) is 26.2 Å². The third kappa shape index (κ3) is 12.3. The van der Waals surface area contributed by atoms with Gasteiger partial charge in [-0.15, -0.1) is 0 Å². The number of likely N-dealkylation sites (N-methyl/N-ethyl adjacent to an activating group) is 1. The van der Waals surface area contributed by atoms with Gasteiger partial charge in [-0.2, -0.15) is 0 Å². The third-order valence-corrected chi connectivity index (χ3v) is 3.89. The normalized spacial score (nSPS) is 13.9. The molecule has 0 spiro atoms. The van der Waals surface area contributed by atoms with Gasteiger partial charge in [0.1, 0.15) is 6.10 Å². The van der Waals surface area contributed by atoms with Crippen molar-refractivity contribution in [2.75, 3.05) is 27.7 Å². The summed E-state index contributed by atoms with van der Waals surface area (Å²) >= 11 is 0. The molecule has 0 aliphatic rings. The molecular formula is C22H36ClNO5. The maximum Gasteiger partial charge on any atom is 0.338 e. The molecule has 2 unspecified atom stereocenters. The zero-order valence-corrected chi connectivity index (χ0v) is 19.1. The lowest BCUT2D eigenvalue weighted by Crippen LogP contribution is -3.00. The fraction of sp³-hybridized carbons (Fsp3) is 0.545. The summed E-state index contributed by atoms with van der Waals surface area (Å²) in [5, 5.41) is 9.88. The summed E-state index contributed by atoms with van der Waals surface area (Å²) in [6.07, 6.45) is 7.49. The van der Waals surface area contributed by atoms with Crippen LogP contribution in [-0.4, -0.2) is 61.6 Å². The minimum atomic E-state index is -0.833. The number of esters is 2. The Hall–Kier alpha value is -1.89. The van der Waals surface area contributed by atoms with E-state index in [1.165, 1.54) is 0 Å². The summed E-state index contributed by atoms with van der Waals surface area (Å²) in [6, 6.07) is 0. The fourth-order valence-corrected chi connectivity index (χ4v) is 2.37. The molecule has 0 aromatic rings. The Morgan fingerprint density at radius 3 is 2.28 bits per heavy atom. The van der Waals surface area contributed by atoms with E-state index in [0.717, 1.165) is 12.8 Å². The van der Waals surface area contributed by atoms with Gasteiger partial charge in [0.05, 0.1) is 27.7 Å². The SMILES string of the molecule is C=CC=CCC(=CCC(=C)C(=O)OC(C(C)O)[N+](C)(C)C)C(=O)OCCCC.[Cl-]. The first-order chi connectivity index (χ1) is 13.0. The molecule has 0 amide bonds. The Kier molecular flexibility index (Phi) is 15.2. The maximum atomic E-state index is 12.3. The largest absolute Gasteiger partial charge is 1.00 e. The molecule has 29 heavy (non-hydrogen) atoms. The maximum absolute atomic E-state index is 12.3. The van der Waals surface area contributed by atoms with E-state index < -0.39 is 24.3 Å². The van der Waals surface area contributed by atoms with E-state index in [0.29, 0.717) is 18.6 Å². The minimum Gasteiger partial charge on any atom is -1.00 e. The second kappa shape index (κ2) is 15.0. The van der Waals surface area contributed by atoms with Crippen molar-refractivity contribution in [3.63, 3.8) is 0 Å². The Morgan fingerprint density at radius 2 is 1.79 bits per heavy atom. The Morgan fingerprint density at radius 1 is 1.17 bits per heavy atom. The number of hydrogen-bond donors (Lipinski definition) is 1. The molecule has 0 aromatic heterocycles. The lowest BCUT2D eigenvalue weighted by molar-refractivity contribution is -0.920. The molecule has 2 atom stereocenters. The average Bonchev–Trinajstić information content (AvgIpc) is 2.60. The van der Waals surface area contributed by atoms with Crippen molar-refractivity contribution in [3.8, 4) is 0 Å². The number of hydrogen-bond acceptors (Lipinski definition) is 5. The summed E-state index contributed by atoms with van der Waals surface area (Å²) in [5.74, 6) is -1.01. The van der Waals surface area contributed by atoms with Gasteiger partial charge in [0.2, 0.25) is 0 Å². The fourth-order valence-electron chi connectivity index (χ4n) is 2.37. The first-order valence-electron chi connectivity index (χ1n) is 9.56. The number of carbonyl (C=O) groups is 2. The smallest absolute Gasteiger partial charge is 0.338 e. The zero-order valence-electron chi connectivity index (χ0n) is 18.3. The summed E-state index contributed by atoms with van der Waals surface area (Å²) in [4.78, 5) is 24.6. The van der Waals surface area contributed by atoms with E-state index in [-0.39, 0.29) is 28.9 Å². The predicted molar refractivity (Wildman–Crippen MR) is 111 cm³/mol. The molecule has 0 fully saturated rings. The first-order valence-corrected chi connectivity index (χ1v) is 9.56. The summed E-state index contributed by atoms with van der Waals surface area (Å²) in [6.45, 7) is 11.3. The molecule has 1 N–H and O–H groups in total. The number of allylic oxidation sites excluding steroid dienone is 4. The molecule has 0 saturated carbocycles. The lowest BCUT2D eigenvalue weighted by atomic mass is 10.1. The van der Waals surface area contributed by atoms with Crippen LogP contribution in [0.3, 0.4) is 0 Å². The van der Waals surface area contributed by atoms with E-state index in [1.807, 2.05) is 28.1 Å². The summed E-state index contributed by atoms with van der Waals surface area (Å²) in [7, 11) is 5.47. The van der Waals surface area contributed by atoms with Gasteiger partial charge in [-0.1, -0.05) is 50.8 Å². The molecule has 0 radical (unpaired) electrons. The molecule has 0 aromatic carbocycles. The Labute approximate surface area is 181 Å². The van der Waals surface area contributed by atoms with Gasteiger partial charge < -0.3 is 27.0 Å². The second-order valence-corrected chi connectivity index (χ2v) is 7.55. The van der Waals surface area contributed by atoms with E-state index in [1.54, 1.807) is 31.2 Å². The predicted octanol–water partition coefficient (Wildman–Crippen LogP) is 0.295. The van der Waals surface area contributed by atoms with Crippen LogP contribution in [0.5, 0.6) is 0 Å². The van der Waals surface area contributed by atoms with Crippen molar-refractivity contribution in [2.24, 2.45) is 0 Å². The Bertz CT molecular complexity index is 603. The van der Waals surface area contributed by atoms with Crippen LogP contribution in [0, 0.1) is 0 Å². The number of halogens is 1. The lowest BCUT2D eigenvalue weighted by Gasteiger charge is -2.34. The molecule has 6 nitrogen and oxygen atoms in total. The van der Waals surface area contributed by atoms with E-state index >= 15 is 0 Å². The number of nitrogens with zero attached hydrogens (tertiary/aromatic N) is 1. The second-order valence-electron chi connectivity index (χ2n) is 7.55. The summed E-state index contributed by atoms with van der Waals surface area (Å²) < 4.78 is 10.9. The standard InChI is InChI=1S/C22H36NO5.ClH/c1-8-10-12-13-19(22(26)27-16-11-9-2)15-14-17(3)21(25)28-20(18(4)24)23(5,6)7;/h8,10,12,15,18,20,24H,1,3,9,11,13-14,16H2,2,4-7H3;1H/q+1;/p-1. The number of carbonyl (C=O) groups excluding carboxylic acids is 2. The molecule has 0 saturated heterocycles. The molecule has 0 rings (SSSR count). The van der Waals surface area contributed by atoms with E-state index in [2.05, 4.69) is 13.2 Å². The van der Waals surface area contributed by atoms with Crippen LogP contribution in [-0.2, 0) is 19.1 Å². The first kappa shape index (κ1) is 29.3. The number of rotatable bonds is 13. The van der Waals surface area contributed by atoms with Crippen LogP contribution < -0.4 is 12.4 Å². The summed E-state index contributed by atoms with van der Waals surface area (Å²) in [5.41, 5.74) is 0.646. The van der Waals surface area contributed by atoms with Crippen LogP contribution in [0.4, 0.5) is 0 Å². The van der Waals surface area contributed by atoms with Gasteiger partial charge in [0.25, 0.3) is 6.23 Å². The van der Waals surface area contributed by atoms with Crippen molar-refractivity contribution in [1.82, 2.24) is 0 Å². The molecule has 7 heteroatoms.